The number of aromatic nitrogens is 2. The Kier molecular flexibility index (Phi) is 2.94. The number of imidazole rings is 1. The number of nitrogens with one attached hydrogen (secondary N) is 1. The zero-order valence-electron chi connectivity index (χ0n) is 9.56. The van der Waals surface area contributed by atoms with Crippen molar-refractivity contribution in [1.82, 2.24) is 9.55 Å². The van der Waals surface area contributed by atoms with Crippen LogP contribution in [0.5, 0.6) is 0 Å². The average molecular weight is 275 g/mol. The second kappa shape index (κ2) is 4.59. The van der Waals surface area contributed by atoms with E-state index in [0.717, 1.165) is 26.4 Å². The number of rotatable bonds is 2. The number of hydrogen-bond donors (Lipinski definition) is 1. The summed E-state index contributed by atoms with van der Waals surface area (Å²) < 4.78 is 2.78. The van der Waals surface area contributed by atoms with Gasteiger partial charge >= 0.3 is 0 Å². The summed E-state index contributed by atoms with van der Waals surface area (Å²) in [6.45, 7) is 0.683. The molecule has 0 radical (unpaired) electrons. The van der Waals surface area contributed by atoms with Crippen molar-refractivity contribution in [2.75, 3.05) is 0 Å². The van der Waals surface area contributed by atoms with E-state index >= 15 is 0 Å². The normalized spacial score (nSPS) is 10.9. The molecule has 2 nitrogen and oxygen atoms in total. The van der Waals surface area contributed by atoms with Crippen LogP contribution in [-0.2, 0) is 6.54 Å². The quantitative estimate of drug-likeness (QED) is 0.687. The van der Waals surface area contributed by atoms with Gasteiger partial charge in [0, 0.05) is 5.02 Å². The Morgan fingerprint density at radius 3 is 2.61 bits per heavy atom. The molecule has 1 heterocycles. The van der Waals surface area contributed by atoms with E-state index in [1.165, 1.54) is 0 Å². The maximum absolute atomic E-state index is 6.19. The van der Waals surface area contributed by atoms with Gasteiger partial charge in [0.2, 0.25) is 0 Å². The van der Waals surface area contributed by atoms with Crippen molar-refractivity contribution in [1.29, 1.82) is 0 Å². The van der Waals surface area contributed by atoms with Gasteiger partial charge in [-0.3, -0.25) is 0 Å². The number of hydrogen-bond acceptors (Lipinski definition) is 1. The van der Waals surface area contributed by atoms with E-state index in [2.05, 4.69) is 15.6 Å². The van der Waals surface area contributed by atoms with Crippen molar-refractivity contribution in [3.8, 4) is 0 Å². The Hall–Kier alpha value is -1.58. The lowest BCUT2D eigenvalue weighted by Crippen LogP contribution is -2.00. The molecule has 3 rings (SSSR count). The van der Waals surface area contributed by atoms with Crippen LogP contribution in [0.2, 0.25) is 5.02 Å². The van der Waals surface area contributed by atoms with Gasteiger partial charge in [-0.1, -0.05) is 41.9 Å². The SMILES string of the molecule is S=c1[nH]c2ccccc2n1Cc1ccccc1Cl. The molecule has 3 aromatic rings. The van der Waals surface area contributed by atoms with Crippen LogP contribution in [0.25, 0.3) is 11.0 Å². The second-order valence-corrected chi connectivity index (χ2v) is 4.92. The Balaban J connectivity index is 2.13. The first-order chi connectivity index (χ1) is 8.75. The summed E-state index contributed by atoms with van der Waals surface area (Å²) >= 11 is 11.5. The summed E-state index contributed by atoms with van der Waals surface area (Å²) in [6, 6.07) is 15.9. The van der Waals surface area contributed by atoms with E-state index in [4.69, 9.17) is 23.8 Å². The molecule has 0 spiro atoms. The minimum atomic E-state index is 0.683. The van der Waals surface area contributed by atoms with Gasteiger partial charge in [-0.15, -0.1) is 0 Å². The van der Waals surface area contributed by atoms with Gasteiger partial charge in [0.05, 0.1) is 17.6 Å². The highest BCUT2D eigenvalue weighted by atomic mass is 35.5. The van der Waals surface area contributed by atoms with Crippen molar-refractivity contribution >= 4 is 34.9 Å². The first-order valence-electron chi connectivity index (χ1n) is 5.66. The fourth-order valence-corrected chi connectivity index (χ4v) is 2.53. The number of halogens is 1. The van der Waals surface area contributed by atoms with Gasteiger partial charge in [0.25, 0.3) is 0 Å². The number of nitrogens with zero attached hydrogens (tertiary/aromatic N) is 1. The summed E-state index contributed by atoms with van der Waals surface area (Å²) in [5.41, 5.74) is 3.22. The lowest BCUT2D eigenvalue weighted by atomic mass is 10.2. The number of para-hydroxylation sites is 2. The van der Waals surface area contributed by atoms with E-state index < -0.39 is 0 Å². The van der Waals surface area contributed by atoms with Gasteiger partial charge in [0.15, 0.2) is 4.77 Å². The lowest BCUT2D eigenvalue weighted by molar-refractivity contribution is 0.811. The molecule has 0 bridgehead atoms. The van der Waals surface area contributed by atoms with E-state index in [9.17, 15) is 0 Å². The van der Waals surface area contributed by atoms with Crippen molar-refractivity contribution in [2.45, 2.75) is 6.54 Å². The van der Waals surface area contributed by atoms with Crippen LogP contribution in [0, 0.1) is 4.77 Å². The maximum atomic E-state index is 6.19. The monoisotopic (exact) mass is 274 g/mol. The highest BCUT2D eigenvalue weighted by Gasteiger charge is 2.06. The Morgan fingerprint density at radius 1 is 1.06 bits per heavy atom. The van der Waals surface area contributed by atoms with E-state index in [0.29, 0.717) is 6.54 Å². The molecule has 18 heavy (non-hydrogen) atoms. The average Bonchev–Trinajstić information content (AvgIpc) is 2.69. The van der Waals surface area contributed by atoms with E-state index in [1.807, 2.05) is 42.5 Å². The molecule has 4 heteroatoms. The molecular weight excluding hydrogens is 264 g/mol. The molecule has 0 amide bonds. The third-order valence-electron chi connectivity index (χ3n) is 2.97. The van der Waals surface area contributed by atoms with Gasteiger partial charge in [-0.2, -0.15) is 0 Å². The molecule has 0 fully saturated rings. The molecule has 0 unspecified atom stereocenters. The van der Waals surface area contributed by atoms with Crippen LogP contribution in [0.3, 0.4) is 0 Å². The summed E-state index contributed by atoms with van der Waals surface area (Å²) in [6.07, 6.45) is 0. The number of aromatic amines is 1. The van der Waals surface area contributed by atoms with Crippen molar-refractivity contribution in [3.63, 3.8) is 0 Å². The molecular formula is C14H11ClN2S. The number of benzene rings is 2. The fraction of sp³-hybridized carbons (Fsp3) is 0.0714. The summed E-state index contributed by atoms with van der Waals surface area (Å²) in [4.78, 5) is 3.20. The van der Waals surface area contributed by atoms with Gasteiger partial charge < -0.3 is 9.55 Å². The van der Waals surface area contributed by atoms with Crippen molar-refractivity contribution in [2.24, 2.45) is 0 Å². The van der Waals surface area contributed by atoms with E-state index in [1.54, 1.807) is 0 Å². The topological polar surface area (TPSA) is 20.7 Å². The van der Waals surface area contributed by atoms with Gasteiger partial charge in [0.1, 0.15) is 0 Å². The zero-order valence-corrected chi connectivity index (χ0v) is 11.1. The highest BCUT2D eigenvalue weighted by molar-refractivity contribution is 7.71. The van der Waals surface area contributed by atoms with E-state index in [-0.39, 0.29) is 0 Å². The molecule has 2 aromatic carbocycles. The van der Waals surface area contributed by atoms with Crippen LogP contribution in [0.1, 0.15) is 5.56 Å². The Labute approximate surface area is 115 Å². The summed E-state index contributed by atoms with van der Waals surface area (Å²) in [5.74, 6) is 0. The van der Waals surface area contributed by atoms with Crippen LogP contribution < -0.4 is 0 Å². The first kappa shape index (κ1) is 11.5. The predicted molar refractivity (Wildman–Crippen MR) is 77.7 cm³/mol. The van der Waals surface area contributed by atoms with Crippen LogP contribution >= 0.6 is 23.8 Å². The number of H-pyrrole nitrogens is 1. The Bertz CT molecular complexity index is 758. The molecule has 90 valence electrons. The summed E-state index contributed by atoms with van der Waals surface area (Å²) in [5, 5.41) is 0.768. The molecule has 0 aliphatic heterocycles. The molecule has 0 saturated heterocycles. The Morgan fingerprint density at radius 2 is 1.78 bits per heavy atom. The third-order valence-corrected chi connectivity index (χ3v) is 3.66. The minimum Gasteiger partial charge on any atom is -0.331 e. The molecule has 0 atom stereocenters. The molecule has 1 aromatic heterocycles. The second-order valence-electron chi connectivity index (χ2n) is 4.12. The maximum Gasteiger partial charge on any atom is 0.178 e. The van der Waals surface area contributed by atoms with Crippen molar-refractivity contribution in [3.05, 3.63) is 63.9 Å². The lowest BCUT2D eigenvalue weighted by Gasteiger charge is -2.06. The molecule has 0 aliphatic carbocycles. The summed E-state index contributed by atoms with van der Waals surface area (Å²) in [7, 11) is 0. The van der Waals surface area contributed by atoms with Crippen molar-refractivity contribution < 1.29 is 0 Å². The highest BCUT2D eigenvalue weighted by Crippen LogP contribution is 2.20. The standard InChI is InChI=1S/C14H11ClN2S/c15-11-6-2-1-5-10(11)9-17-13-8-4-3-7-12(13)16-14(17)18/h1-8H,9H2,(H,16,18). The molecule has 1 N–H and O–H groups in total. The largest absolute Gasteiger partial charge is 0.331 e. The third kappa shape index (κ3) is 1.96. The minimum absolute atomic E-state index is 0.683. The number of fused-ring (bicyclic) bond motifs is 1. The predicted octanol–water partition coefficient (Wildman–Crippen LogP) is 4.40. The van der Waals surface area contributed by atoms with Crippen LogP contribution in [0.15, 0.2) is 48.5 Å². The fourth-order valence-electron chi connectivity index (χ4n) is 2.06. The van der Waals surface area contributed by atoms with Crippen LogP contribution in [-0.4, -0.2) is 9.55 Å². The van der Waals surface area contributed by atoms with Gasteiger partial charge in [-0.05, 0) is 36.0 Å². The smallest absolute Gasteiger partial charge is 0.178 e. The molecule has 0 saturated carbocycles. The molecule has 0 aliphatic rings. The zero-order chi connectivity index (χ0) is 12.5. The van der Waals surface area contributed by atoms with Gasteiger partial charge in [-0.25, -0.2) is 0 Å². The van der Waals surface area contributed by atoms with Crippen LogP contribution in [0.4, 0.5) is 0 Å². The first-order valence-corrected chi connectivity index (χ1v) is 6.45.